The van der Waals surface area contributed by atoms with Crippen molar-refractivity contribution in [2.75, 3.05) is 13.2 Å². The zero-order valence-corrected chi connectivity index (χ0v) is 13.0. The van der Waals surface area contributed by atoms with Crippen molar-refractivity contribution in [3.63, 3.8) is 0 Å². The van der Waals surface area contributed by atoms with Gasteiger partial charge in [-0.3, -0.25) is 4.68 Å². The smallest absolute Gasteiger partial charge is 0.333 e. The van der Waals surface area contributed by atoms with Crippen LogP contribution in [0.25, 0.3) is 0 Å². The zero-order chi connectivity index (χ0) is 15.9. The van der Waals surface area contributed by atoms with Crippen LogP contribution in [0.1, 0.15) is 43.9 Å². The molecule has 0 bridgehead atoms. The lowest BCUT2D eigenvalue weighted by Gasteiger charge is -2.09. The van der Waals surface area contributed by atoms with E-state index in [4.69, 9.17) is 4.74 Å². The van der Waals surface area contributed by atoms with E-state index >= 15 is 0 Å². The number of hydrogen-bond acceptors (Lipinski definition) is 3. The number of aryl methyl sites for hydroxylation is 1. The zero-order valence-electron chi connectivity index (χ0n) is 13.0. The number of rotatable bonds is 9. The fourth-order valence-corrected chi connectivity index (χ4v) is 2.11. The molecule has 0 aromatic carbocycles. The molecule has 0 aliphatic carbocycles. The standard InChI is InChI=1S/C15H22F2N4O/c1-3-13-8-18-20(10-13)5-7-22-6-4-12(2)14-9-19-21(11-14)15(16)17/h8-12,15H,3-7H2,1-2H3. The van der Waals surface area contributed by atoms with Crippen molar-refractivity contribution < 1.29 is 13.5 Å². The molecular formula is C15H22F2N4O. The van der Waals surface area contributed by atoms with E-state index in [1.54, 1.807) is 0 Å². The second-order valence-electron chi connectivity index (χ2n) is 5.30. The summed E-state index contributed by atoms with van der Waals surface area (Å²) in [7, 11) is 0. The molecule has 2 heterocycles. The van der Waals surface area contributed by atoms with Gasteiger partial charge in [-0.15, -0.1) is 0 Å². The van der Waals surface area contributed by atoms with E-state index in [0.717, 1.165) is 24.9 Å². The summed E-state index contributed by atoms with van der Waals surface area (Å²) >= 11 is 0. The Morgan fingerprint density at radius 2 is 2.00 bits per heavy atom. The molecule has 5 nitrogen and oxygen atoms in total. The van der Waals surface area contributed by atoms with Crippen molar-refractivity contribution >= 4 is 0 Å². The van der Waals surface area contributed by atoms with Gasteiger partial charge in [-0.25, -0.2) is 4.68 Å². The highest BCUT2D eigenvalue weighted by Crippen LogP contribution is 2.20. The Morgan fingerprint density at radius 3 is 2.64 bits per heavy atom. The molecule has 0 N–H and O–H groups in total. The summed E-state index contributed by atoms with van der Waals surface area (Å²) in [5, 5.41) is 7.89. The normalized spacial score (nSPS) is 13.0. The maximum atomic E-state index is 12.5. The molecule has 0 spiro atoms. The van der Waals surface area contributed by atoms with Crippen LogP contribution in [0.5, 0.6) is 0 Å². The number of aromatic nitrogens is 4. The molecule has 2 rings (SSSR count). The van der Waals surface area contributed by atoms with Gasteiger partial charge in [0.05, 0.1) is 25.5 Å². The van der Waals surface area contributed by atoms with Crippen LogP contribution in [0.15, 0.2) is 24.8 Å². The van der Waals surface area contributed by atoms with Gasteiger partial charge < -0.3 is 4.74 Å². The maximum Gasteiger partial charge on any atom is 0.333 e. The predicted molar refractivity (Wildman–Crippen MR) is 78.9 cm³/mol. The highest BCUT2D eigenvalue weighted by Gasteiger charge is 2.12. The highest BCUT2D eigenvalue weighted by molar-refractivity contribution is 5.10. The van der Waals surface area contributed by atoms with Gasteiger partial charge in [-0.2, -0.15) is 19.0 Å². The minimum absolute atomic E-state index is 0.142. The van der Waals surface area contributed by atoms with E-state index in [9.17, 15) is 8.78 Å². The van der Waals surface area contributed by atoms with E-state index in [1.165, 1.54) is 18.0 Å². The molecule has 1 atom stereocenters. The number of alkyl halides is 2. The maximum absolute atomic E-state index is 12.5. The SMILES string of the molecule is CCc1cnn(CCOCCC(C)c2cnn(C(F)F)c2)c1. The molecule has 0 radical (unpaired) electrons. The van der Waals surface area contributed by atoms with Crippen molar-refractivity contribution in [1.29, 1.82) is 0 Å². The molecule has 0 saturated heterocycles. The van der Waals surface area contributed by atoms with E-state index in [0.29, 0.717) is 17.9 Å². The van der Waals surface area contributed by atoms with Crippen molar-refractivity contribution in [2.24, 2.45) is 0 Å². The van der Waals surface area contributed by atoms with E-state index in [-0.39, 0.29) is 5.92 Å². The molecule has 0 saturated carbocycles. The highest BCUT2D eigenvalue weighted by atomic mass is 19.3. The van der Waals surface area contributed by atoms with Crippen molar-refractivity contribution in [2.45, 2.75) is 45.7 Å². The van der Waals surface area contributed by atoms with Crippen LogP contribution in [0.2, 0.25) is 0 Å². The fraction of sp³-hybridized carbons (Fsp3) is 0.600. The molecule has 2 aromatic heterocycles. The first-order valence-electron chi connectivity index (χ1n) is 7.51. The van der Waals surface area contributed by atoms with Crippen molar-refractivity contribution in [3.8, 4) is 0 Å². The number of halogens is 2. The lowest BCUT2D eigenvalue weighted by molar-refractivity contribution is 0.0565. The monoisotopic (exact) mass is 312 g/mol. The van der Waals surface area contributed by atoms with Crippen molar-refractivity contribution in [3.05, 3.63) is 35.9 Å². The van der Waals surface area contributed by atoms with Crippen LogP contribution in [-0.2, 0) is 17.7 Å². The Bertz CT molecular complexity index is 567. The Labute approximate surface area is 128 Å². The third-order valence-electron chi connectivity index (χ3n) is 3.65. The van der Waals surface area contributed by atoms with Gasteiger partial charge in [0.25, 0.3) is 0 Å². The number of hydrogen-bond donors (Lipinski definition) is 0. The van der Waals surface area contributed by atoms with Gasteiger partial charge in [0.15, 0.2) is 0 Å². The summed E-state index contributed by atoms with van der Waals surface area (Å²) in [6.07, 6.45) is 8.52. The van der Waals surface area contributed by atoms with Crippen LogP contribution in [0, 0.1) is 0 Å². The molecule has 2 aromatic rings. The molecule has 0 amide bonds. The first kappa shape index (κ1) is 16.6. The molecule has 122 valence electrons. The molecular weight excluding hydrogens is 290 g/mol. The molecule has 0 fully saturated rings. The molecule has 22 heavy (non-hydrogen) atoms. The quantitative estimate of drug-likeness (QED) is 0.668. The van der Waals surface area contributed by atoms with Crippen LogP contribution in [-0.4, -0.2) is 32.8 Å². The average Bonchev–Trinajstić information content (AvgIpc) is 3.16. The topological polar surface area (TPSA) is 44.9 Å². The van der Waals surface area contributed by atoms with Crippen molar-refractivity contribution in [1.82, 2.24) is 19.6 Å². The van der Waals surface area contributed by atoms with Gasteiger partial charge in [-0.1, -0.05) is 13.8 Å². The van der Waals surface area contributed by atoms with Gasteiger partial charge >= 0.3 is 6.55 Å². The first-order valence-corrected chi connectivity index (χ1v) is 7.51. The number of nitrogens with zero attached hydrogens (tertiary/aromatic N) is 4. The second kappa shape index (κ2) is 8.03. The molecule has 0 aliphatic rings. The van der Waals surface area contributed by atoms with Gasteiger partial charge in [0.2, 0.25) is 0 Å². The van der Waals surface area contributed by atoms with Gasteiger partial charge in [0, 0.05) is 19.0 Å². The minimum Gasteiger partial charge on any atom is -0.380 e. The molecule has 7 heteroatoms. The first-order chi connectivity index (χ1) is 10.6. The Morgan fingerprint density at radius 1 is 1.18 bits per heavy atom. The third-order valence-corrected chi connectivity index (χ3v) is 3.65. The summed E-state index contributed by atoms with van der Waals surface area (Å²) in [5.41, 5.74) is 2.02. The average molecular weight is 312 g/mol. The Balaban J connectivity index is 1.65. The summed E-state index contributed by atoms with van der Waals surface area (Å²) in [4.78, 5) is 0. The minimum atomic E-state index is -2.58. The lowest BCUT2D eigenvalue weighted by atomic mass is 10.0. The van der Waals surface area contributed by atoms with Crippen LogP contribution < -0.4 is 0 Å². The van der Waals surface area contributed by atoms with E-state index in [2.05, 4.69) is 17.1 Å². The summed E-state index contributed by atoms with van der Waals surface area (Å²) in [6, 6.07) is 0. The predicted octanol–water partition coefficient (Wildman–Crippen LogP) is 3.25. The van der Waals surface area contributed by atoms with E-state index < -0.39 is 6.55 Å². The summed E-state index contributed by atoms with van der Waals surface area (Å²) in [6.45, 7) is 3.39. The molecule has 0 aliphatic heterocycles. The second-order valence-corrected chi connectivity index (χ2v) is 5.30. The van der Waals surface area contributed by atoms with E-state index in [1.807, 2.05) is 24.0 Å². The summed E-state index contributed by atoms with van der Waals surface area (Å²) in [5.74, 6) is 0.142. The lowest BCUT2D eigenvalue weighted by Crippen LogP contribution is -2.08. The van der Waals surface area contributed by atoms with Crippen LogP contribution in [0.4, 0.5) is 8.78 Å². The third kappa shape index (κ3) is 4.62. The molecule has 1 unspecified atom stereocenters. The van der Waals surface area contributed by atoms with Crippen LogP contribution in [0.3, 0.4) is 0 Å². The fourth-order valence-electron chi connectivity index (χ4n) is 2.11. The van der Waals surface area contributed by atoms with Gasteiger partial charge in [-0.05, 0) is 29.9 Å². The largest absolute Gasteiger partial charge is 0.380 e. The summed E-state index contributed by atoms with van der Waals surface area (Å²) < 4.78 is 33.0. The Hall–Kier alpha value is -1.76. The number of ether oxygens (including phenoxy) is 1. The Kier molecular flexibility index (Phi) is 6.06. The van der Waals surface area contributed by atoms with Crippen LogP contribution >= 0.6 is 0 Å². The van der Waals surface area contributed by atoms with Gasteiger partial charge in [0.1, 0.15) is 0 Å².